The summed E-state index contributed by atoms with van der Waals surface area (Å²) in [6, 6.07) is 0. The zero-order valence-electron chi connectivity index (χ0n) is 9.62. The van der Waals surface area contributed by atoms with Gasteiger partial charge in [-0.25, -0.2) is 0 Å². The third kappa shape index (κ3) is 12.9. The van der Waals surface area contributed by atoms with Crippen LogP contribution >= 0.6 is 15.9 Å². The van der Waals surface area contributed by atoms with Gasteiger partial charge in [-0.05, 0) is 20.3 Å². The number of alkyl halides is 1. The SMILES string of the molecule is CCCCCCOC(=O)C(C)(C)Br.[SeH][SeH]. The molecule has 0 unspecified atom stereocenters. The van der Waals surface area contributed by atoms with Crippen molar-refractivity contribution in [2.75, 3.05) is 6.61 Å². The van der Waals surface area contributed by atoms with Gasteiger partial charge in [0.25, 0.3) is 0 Å². The molecule has 92 valence electrons. The van der Waals surface area contributed by atoms with E-state index in [1.165, 1.54) is 12.8 Å². The molecular formula is C10H21BrO2Se2. The molecule has 0 aromatic carbocycles. The van der Waals surface area contributed by atoms with Crippen LogP contribution in [0.3, 0.4) is 0 Å². The fraction of sp³-hybridized carbons (Fsp3) is 0.900. The summed E-state index contributed by atoms with van der Waals surface area (Å²) in [5, 5.41) is 0. The van der Waals surface area contributed by atoms with E-state index in [9.17, 15) is 4.79 Å². The average molecular weight is 411 g/mol. The zero-order chi connectivity index (χ0) is 12.3. The molecule has 15 heavy (non-hydrogen) atoms. The monoisotopic (exact) mass is 412 g/mol. The molecule has 0 aliphatic rings. The number of carbonyl (C=O) groups is 1. The van der Waals surface area contributed by atoms with Crippen LogP contribution in [-0.2, 0) is 9.53 Å². The fourth-order valence-corrected chi connectivity index (χ4v) is 0.980. The number of unbranched alkanes of at least 4 members (excludes halogenated alkanes) is 3. The van der Waals surface area contributed by atoms with E-state index in [0.29, 0.717) is 6.61 Å². The topological polar surface area (TPSA) is 26.3 Å². The first-order valence-electron chi connectivity index (χ1n) is 5.04. The first-order valence-corrected chi connectivity index (χ1v) is 11.0. The Labute approximate surface area is 117 Å². The third-order valence-electron chi connectivity index (χ3n) is 1.72. The van der Waals surface area contributed by atoms with E-state index in [0.717, 1.165) is 12.8 Å². The Kier molecular flexibility index (Phi) is 14.0. The van der Waals surface area contributed by atoms with Crippen LogP contribution in [0.1, 0.15) is 46.5 Å². The van der Waals surface area contributed by atoms with Gasteiger partial charge >= 0.3 is 34.3 Å². The van der Waals surface area contributed by atoms with Crippen molar-refractivity contribution in [2.24, 2.45) is 0 Å². The Morgan fingerprint density at radius 2 is 1.80 bits per heavy atom. The Bertz CT molecular complexity index is 158. The van der Waals surface area contributed by atoms with Gasteiger partial charge in [0.05, 0.1) is 6.61 Å². The van der Waals surface area contributed by atoms with E-state index in [1.54, 1.807) is 13.8 Å². The number of halogens is 1. The van der Waals surface area contributed by atoms with Crippen LogP contribution in [0.15, 0.2) is 0 Å². The minimum atomic E-state index is -0.544. The molecule has 0 N–H and O–H groups in total. The summed E-state index contributed by atoms with van der Waals surface area (Å²) < 4.78 is 4.52. The second kappa shape index (κ2) is 11.5. The molecule has 0 aromatic rings. The molecule has 0 saturated carbocycles. The number of hydrogen-bond donors (Lipinski definition) is 0. The maximum absolute atomic E-state index is 11.2. The molecule has 0 amide bonds. The molecule has 0 aromatic heterocycles. The summed E-state index contributed by atoms with van der Waals surface area (Å²) in [6.45, 7) is 6.30. The Morgan fingerprint density at radius 3 is 2.20 bits per heavy atom. The molecule has 0 radical (unpaired) electrons. The molecule has 0 atom stereocenters. The number of ether oxygens (including phenoxy) is 1. The Morgan fingerprint density at radius 1 is 1.27 bits per heavy atom. The maximum atomic E-state index is 11.2. The van der Waals surface area contributed by atoms with Crippen molar-refractivity contribution in [3.05, 3.63) is 0 Å². The van der Waals surface area contributed by atoms with Crippen LogP contribution in [0, 0.1) is 0 Å². The van der Waals surface area contributed by atoms with Crippen LogP contribution in [0.25, 0.3) is 0 Å². The summed E-state index contributed by atoms with van der Waals surface area (Å²) >= 11 is 7.75. The van der Waals surface area contributed by atoms with Crippen LogP contribution in [0.5, 0.6) is 0 Å². The van der Waals surface area contributed by atoms with E-state index in [1.807, 2.05) is 0 Å². The summed E-state index contributed by atoms with van der Waals surface area (Å²) in [6.07, 6.45) is 4.54. The van der Waals surface area contributed by atoms with Gasteiger partial charge in [0.1, 0.15) is 4.32 Å². The molecule has 0 aliphatic carbocycles. The van der Waals surface area contributed by atoms with Crippen molar-refractivity contribution in [3.63, 3.8) is 0 Å². The number of esters is 1. The summed E-state index contributed by atoms with van der Waals surface area (Å²) in [7, 11) is 0. The number of rotatable bonds is 6. The van der Waals surface area contributed by atoms with Crippen LogP contribution < -0.4 is 0 Å². The predicted molar refractivity (Wildman–Crippen MR) is 72.4 cm³/mol. The third-order valence-corrected chi connectivity index (χ3v) is 2.04. The number of hydrogen-bond acceptors (Lipinski definition) is 2. The van der Waals surface area contributed by atoms with Crippen LogP contribution in [0.4, 0.5) is 0 Å². The van der Waals surface area contributed by atoms with E-state index in [2.05, 4.69) is 51.2 Å². The van der Waals surface area contributed by atoms with Gasteiger partial charge in [0.15, 0.2) is 0 Å². The van der Waals surface area contributed by atoms with Crippen molar-refractivity contribution in [3.8, 4) is 0 Å². The normalized spacial score (nSPS) is 10.3. The molecule has 0 fully saturated rings. The zero-order valence-corrected chi connectivity index (χ0v) is 15.0. The molecular weight excluding hydrogens is 390 g/mol. The second-order valence-electron chi connectivity index (χ2n) is 3.67. The van der Waals surface area contributed by atoms with Gasteiger partial charge in [0, 0.05) is 0 Å². The Balaban J connectivity index is 0. The van der Waals surface area contributed by atoms with E-state index in [-0.39, 0.29) is 5.97 Å². The fourth-order valence-electron chi connectivity index (χ4n) is 0.865. The average Bonchev–Trinajstić information content (AvgIpc) is 2.19. The molecule has 0 heterocycles. The van der Waals surface area contributed by atoms with Crippen molar-refractivity contribution in [1.29, 1.82) is 0 Å². The van der Waals surface area contributed by atoms with Crippen molar-refractivity contribution >= 4 is 50.3 Å². The van der Waals surface area contributed by atoms with Gasteiger partial charge in [-0.1, -0.05) is 42.1 Å². The van der Waals surface area contributed by atoms with E-state index < -0.39 is 4.32 Å². The van der Waals surface area contributed by atoms with Gasteiger partial charge < -0.3 is 4.74 Å². The van der Waals surface area contributed by atoms with Gasteiger partial charge in [0.2, 0.25) is 0 Å². The summed E-state index contributed by atoms with van der Waals surface area (Å²) in [4.78, 5) is 11.2. The van der Waals surface area contributed by atoms with Crippen LogP contribution in [-0.4, -0.2) is 45.3 Å². The standard InChI is InChI=1S/C10H19BrO2.H2Se2/c1-4-5-6-7-8-13-9(12)10(2,3)11;1-2/h4-8H2,1-3H3;1-2H. The van der Waals surface area contributed by atoms with E-state index in [4.69, 9.17) is 4.74 Å². The van der Waals surface area contributed by atoms with Crippen molar-refractivity contribution in [2.45, 2.75) is 50.8 Å². The molecule has 0 rings (SSSR count). The molecule has 0 bridgehead atoms. The van der Waals surface area contributed by atoms with Gasteiger partial charge in [-0.3, -0.25) is 4.79 Å². The Hall–Kier alpha value is 0.989. The molecule has 0 spiro atoms. The molecule has 5 heteroatoms. The van der Waals surface area contributed by atoms with Crippen molar-refractivity contribution < 1.29 is 9.53 Å². The molecule has 2 nitrogen and oxygen atoms in total. The first-order chi connectivity index (χ1) is 6.98. The van der Waals surface area contributed by atoms with Gasteiger partial charge in [-0.15, -0.1) is 0 Å². The second-order valence-corrected chi connectivity index (χ2v) is 5.65. The minimum absolute atomic E-state index is 0.177. The molecule has 0 aliphatic heterocycles. The van der Waals surface area contributed by atoms with Crippen molar-refractivity contribution in [1.82, 2.24) is 0 Å². The van der Waals surface area contributed by atoms with E-state index >= 15 is 0 Å². The van der Waals surface area contributed by atoms with Crippen LogP contribution in [0.2, 0.25) is 0 Å². The summed E-state index contributed by atoms with van der Waals surface area (Å²) in [5.41, 5.74) is 0. The molecule has 0 saturated heterocycles. The first kappa shape index (κ1) is 18.4. The quantitative estimate of drug-likeness (QED) is 0.289. The summed E-state index contributed by atoms with van der Waals surface area (Å²) in [5.74, 6) is -0.177. The predicted octanol–water partition coefficient (Wildman–Crippen LogP) is 1.99. The van der Waals surface area contributed by atoms with Gasteiger partial charge in [-0.2, -0.15) is 0 Å². The number of carbonyl (C=O) groups excluding carboxylic acids is 1.